The molecule has 4 rings (SSSR count). The molecule has 1 saturated carbocycles. The SMILES string of the molecule is Cn1cnc(C(=O)N2CCc3c(c(COCC4CC4)nn3C)C2)n1.O=C(O)C(=O)O. The molecule has 0 unspecified atom stereocenters. The van der Waals surface area contributed by atoms with E-state index in [-0.39, 0.29) is 11.7 Å². The molecule has 162 valence electrons. The fraction of sp³-hybridized carbons (Fsp3) is 0.556. The second-order valence-corrected chi connectivity index (χ2v) is 7.28. The van der Waals surface area contributed by atoms with Gasteiger partial charge in [0.1, 0.15) is 6.33 Å². The number of aromatic nitrogens is 5. The van der Waals surface area contributed by atoms with E-state index in [0.717, 1.165) is 30.2 Å². The number of rotatable bonds is 5. The molecule has 0 atom stereocenters. The lowest BCUT2D eigenvalue weighted by Crippen LogP contribution is -2.37. The summed E-state index contributed by atoms with van der Waals surface area (Å²) in [5, 5.41) is 23.5. The van der Waals surface area contributed by atoms with Crippen LogP contribution < -0.4 is 0 Å². The number of ether oxygens (including phenoxy) is 1. The molecule has 1 fully saturated rings. The molecule has 30 heavy (non-hydrogen) atoms. The van der Waals surface area contributed by atoms with Gasteiger partial charge in [0.2, 0.25) is 5.82 Å². The van der Waals surface area contributed by atoms with Crippen LogP contribution >= 0.6 is 0 Å². The molecule has 3 heterocycles. The number of carboxylic acid groups (broad SMARTS) is 2. The van der Waals surface area contributed by atoms with Crippen LogP contribution in [0.2, 0.25) is 0 Å². The number of hydrogen-bond donors (Lipinski definition) is 2. The minimum absolute atomic E-state index is 0.130. The Morgan fingerprint density at radius 3 is 2.43 bits per heavy atom. The summed E-state index contributed by atoms with van der Waals surface area (Å²) in [6.45, 7) is 2.53. The summed E-state index contributed by atoms with van der Waals surface area (Å²) in [7, 11) is 3.72. The van der Waals surface area contributed by atoms with Crippen molar-refractivity contribution in [2.75, 3.05) is 13.2 Å². The lowest BCUT2D eigenvalue weighted by Gasteiger charge is -2.26. The highest BCUT2D eigenvalue weighted by Gasteiger charge is 2.29. The molecule has 0 aromatic carbocycles. The van der Waals surface area contributed by atoms with E-state index in [9.17, 15) is 4.79 Å². The molecule has 12 nitrogen and oxygen atoms in total. The summed E-state index contributed by atoms with van der Waals surface area (Å²) in [6, 6.07) is 0. The minimum Gasteiger partial charge on any atom is -0.473 e. The lowest BCUT2D eigenvalue weighted by molar-refractivity contribution is -0.159. The van der Waals surface area contributed by atoms with Crippen LogP contribution in [0, 0.1) is 5.92 Å². The van der Waals surface area contributed by atoms with Crippen molar-refractivity contribution in [2.45, 2.75) is 32.4 Å². The topological polar surface area (TPSA) is 153 Å². The maximum atomic E-state index is 12.6. The van der Waals surface area contributed by atoms with Crippen LogP contribution in [0.15, 0.2) is 6.33 Å². The molecule has 0 bridgehead atoms. The van der Waals surface area contributed by atoms with Crippen molar-refractivity contribution in [3.05, 3.63) is 29.1 Å². The highest BCUT2D eigenvalue weighted by molar-refractivity contribution is 6.27. The van der Waals surface area contributed by atoms with Crippen molar-refractivity contribution in [1.29, 1.82) is 0 Å². The van der Waals surface area contributed by atoms with Crippen molar-refractivity contribution >= 4 is 17.8 Å². The highest BCUT2D eigenvalue weighted by Crippen LogP contribution is 2.29. The van der Waals surface area contributed by atoms with Gasteiger partial charge in [0, 0.05) is 51.5 Å². The second-order valence-electron chi connectivity index (χ2n) is 7.28. The van der Waals surface area contributed by atoms with Gasteiger partial charge in [-0.05, 0) is 18.8 Å². The Labute approximate surface area is 172 Å². The summed E-state index contributed by atoms with van der Waals surface area (Å²) in [6.07, 6.45) is 4.89. The van der Waals surface area contributed by atoms with E-state index in [1.807, 2.05) is 11.7 Å². The van der Waals surface area contributed by atoms with Gasteiger partial charge in [0.25, 0.3) is 5.91 Å². The number of carbonyl (C=O) groups excluding carboxylic acids is 1. The number of hydrogen-bond acceptors (Lipinski definition) is 7. The second kappa shape index (κ2) is 9.03. The first-order chi connectivity index (χ1) is 14.3. The van der Waals surface area contributed by atoms with Crippen LogP contribution in [0.25, 0.3) is 0 Å². The summed E-state index contributed by atoms with van der Waals surface area (Å²) in [4.78, 5) is 36.6. The van der Waals surface area contributed by atoms with Crippen LogP contribution in [0.5, 0.6) is 0 Å². The molecule has 2 aliphatic rings. The lowest BCUT2D eigenvalue weighted by atomic mass is 10.1. The summed E-state index contributed by atoms with van der Waals surface area (Å²) in [5.74, 6) is -2.80. The Morgan fingerprint density at radius 2 is 1.87 bits per heavy atom. The van der Waals surface area contributed by atoms with Crippen molar-refractivity contribution in [3.63, 3.8) is 0 Å². The molecule has 2 aromatic rings. The van der Waals surface area contributed by atoms with Crippen molar-refractivity contribution < 1.29 is 29.3 Å². The van der Waals surface area contributed by atoms with Gasteiger partial charge in [-0.25, -0.2) is 14.6 Å². The van der Waals surface area contributed by atoms with Crippen LogP contribution in [-0.2, 0) is 48.0 Å². The molecule has 2 aromatic heterocycles. The quantitative estimate of drug-likeness (QED) is 0.628. The predicted molar refractivity (Wildman–Crippen MR) is 100 cm³/mol. The van der Waals surface area contributed by atoms with Crippen molar-refractivity contribution in [1.82, 2.24) is 29.4 Å². The van der Waals surface area contributed by atoms with Gasteiger partial charge in [-0.3, -0.25) is 14.2 Å². The molecule has 1 aliphatic carbocycles. The van der Waals surface area contributed by atoms with E-state index in [4.69, 9.17) is 24.5 Å². The van der Waals surface area contributed by atoms with E-state index >= 15 is 0 Å². The van der Waals surface area contributed by atoms with Crippen molar-refractivity contribution in [3.8, 4) is 0 Å². The number of carbonyl (C=O) groups is 3. The van der Waals surface area contributed by atoms with Gasteiger partial charge in [0.05, 0.1) is 12.3 Å². The average Bonchev–Trinajstić information content (AvgIpc) is 3.35. The Morgan fingerprint density at radius 1 is 1.17 bits per heavy atom. The zero-order chi connectivity index (χ0) is 21.8. The zero-order valence-corrected chi connectivity index (χ0v) is 16.8. The van der Waals surface area contributed by atoms with Crippen LogP contribution in [0.1, 0.15) is 40.4 Å². The molecular weight excluding hydrogens is 396 g/mol. The molecule has 1 amide bonds. The summed E-state index contributed by atoms with van der Waals surface area (Å²) in [5.41, 5.74) is 3.25. The highest BCUT2D eigenvalue weighted by atomic mass is 16.5. The summed E-state index contributed by atoms with van der Waals surface area (Å²) < 4.78 is 9.27. The standard InChI is InChI=1S/C16H22N6O2.C2H2O4/c1-20-10-17-15(19-20)16(23)22-6-5-14-12(7-22)13(18-21(14)2)9-24-8-11-3-4-11;3-1(4)2(5)6/h10-11H,3-9H2,1-2H3;(H,3,4)(H,5,6). The van der Waals surface area contributed by atoms with Gasteiger partial charge >= 0.3 is 11.9 Å². The maximum Gasteiger partial charge on any atom is 0.414 e. The van der Waals surface area contributed by atoms with E-state index in [1.54, 1.807) is 23.0 Å². The van der Waals surface area contributed by atoms with Crippen LogP contribution in [0.4, 0.5) is 0 Å². The molecule has 1 aliphatic heterocycles. The van der Waals surface area contributed by atoms with Gasteiger partial charge in [0.15, 0.2) is 0 Å². The first kappa shape index (κ1) is 21.4. The Balaban J connectivity index is 0.000000377. The van der Waals surface area contributed by atoms with Gasteiger partial charge in [-0.1, -0.05) is 0 Å². The van der Waals surface area contributed by atoms with Crippen molar-refractivity contribution in [2.24, 2.45) is 20.0 Å². The largest absolute Gasteiger partial charge is 0.473 e. The molecular formula is C18H24N6O6. The molecule has 0 spiro atoms. The first-order valence-electron chi connectivity index (χ1n) is 9.48. The number of aryl methyl sites for hydroxylation is 2. The third kappa shape index (κ3) is 5.20. The third-order valence-corrected chi connectivity index (χ3v) is 4.88. The monoisotopic (exact) mass is 420 g/mol. The maximum absolute atomic E-state index is 12.6. The van der Waals surface area contributed by atoms with E-state index in [2.05, 4.69) is 15.2 Å². The summed E-state index contributed by atoms with van der Waals surface area (Å²) >= 11 is 0. The van der Waals surface area contributed by atoms with Crippen LogP contribution in [0.3, 0.4) is 0 Å². The normalized spacial score (nSPS) is 15.2. The van der Waals surface area contributed by atoms with E-state index in [0.29, 0.717) is 19.7 Å². The Bertz CT molecular complexity index is 935. The zero-order valence-electron chi connectivity index (χ0n) is 16.8. The average molecular weight is 420 g/mol. The molecule has 0 saturated heterocycles. The first-order valence-corrected chi connectivity index (χ1v) is 9.48. The fourth-order valence-corrected chi connectivity index (χ4v) is 3.14. The van der Waals surface area contributed by atoms with Crippen LogP contribution in [-0.4, -0.2) is 70.7 Å². The number of carboxylic acids is 2. The number of amides is 1. The predicted octanol–water partition coefficient (Wildman–Crippen LogP) is -0.171. The smallest absolute Gasteiger partial charge is 0.414 e. The van der Waals surface area contributed by atoms with Gasteiger partial charge in [-0.2, -0.15) is 5.10 Å². The van der Waals surface area contributed by atoms with Gasteiger partial charge in [-0.15, -0.1) is 5.10 Å². The Kier molecular flexibility index (Phi) is 6.45. The van der Waals surface area contributed by atoms with E-state index < -0.39 is 11.9 Å². The fourth-order valence-electron chi connectivity index (χ4n) is 3.14. The number of aliphatic carboxylic acids is 2. The Hall–Kier alpha value is -3.28. The molecule has 12 heteroatoms. The number of fused-ring (bicyclic) bond motifs is 1. The third-order valence-electron chi connectivity index (χ3n) is 4.88. The van der Waals surface area contributed by atoms with E-state index in [1.165, 1.54) is 18.5 Å². The number of nitrogens with zero attached hydrogens (tertiary/aromatic N) is 6. The molecule has 2 N–H and O–H groups in total. The minimum atomic E-state index is -1.82. The molecule has 0 radical (unpaired) electrons. The van der Waals surface area contributed by atoms with Gasteiger partial charge < -0.3 is 19.8 Å².